The number of nitriles is 6. The molecule has 2 aromatic rings. The summed E-state index contributed by atoms with van der Waals surface area (Å²) >= 11 is 0. The number of nitrogens with zero attached hydrogens (tertiary/aromatic N) is 6. The van der Waals surface area contributed by atoms with Gasteiger partial charge in [0, 0.05) is 10.4 Å². The van der Waals surface area contributed by atoms with Crippen LogP contribution in [0.2, 0.25) is 0 Å². The fourth-order valence-corrected chi connectivity index (χ4v) is 2.94. The molecule has 2 aromatic carbocycles. The van der Waals surface area contributed by atoms with E-state index in [4.69, 9.17) is 10.5 Å². The standard InChI is InChI=1S/C21HF7N6/c22-17-15(18(23)20(25)16(19(17)24)21(26,27)28)12(6-33)10-1-8(2-29)14(9(3-30)4-31)13(7-34)11(10)5-32/h1H/b12-10+. The van der Waals surface area contributed by atoms with Gasteiger partial charge in [-0.2, -0.15) is 44.7 Å². The van der Waals surface area contributed by atoms with Gasteiger partial charge in [-0.05, 0) is 6.07 Å². The zero-order chi connectivity index (χ0) is 26.0. The topological polar surface area (TPSA) is 143 Å². The summed E-state index contributed by atoms with van der Waals surface area (Å²) in [5.41, 5.74) is -9.67. The number of alkyl halides is 3. The Bertz CT molecular complexity index is 1600. The van der Waals surface area contributed by atoms with Gasteiger partial charge in [-0.25, -0.2) is 17.6 Å². The van der Waals surface area contributed by atoms with E-state index in [0.717, 1.165) is 6.07 Å². The van der Waals surface area contributed by atoms with Crippen molar-refractivity contribution >= 4 is 11.1 Å². The second kappa shape index (κ2) is 9.01. The first-order valence-corrected chi connectivity index (χ1v) is 8.24. The van der Waals surface area contributed by atoms with Gasteiger partial charge in [0.05, 0.1) is 33.9 Å². The smallest absolute Gasteiger partial charge is 0.203 e. The molecule has 0 bridgehead atoms. The van der Waals surface area contributed by atoms with Gasteiger partial charge < -0.3 is 0 Å². The van der Waals surface area contributed by atoms with Crippen molar-refractivity contribution in [2.45, 2.75) is 6.18 Å². The third kappa shape index (κ3) is 3.71. The summed E-state index contributed by atoms with van der Waals surface area (Å²) in [6.45, 7) is 0. The number of benzene rings is 2. The Balaban J connectivity index is 3.39. The highest BCUT2D eigenvalue weighted by molar-refractivity contribution is 5.81. The molecular formula is C21HF7N6. The van der Waals surface area contributed by atoms with Crippen molar-refractivity contribution in [3.8, 4) is 36.4 Å². The van der Waals surface area contributed by atoms with Crippen LogP contribution in [0.3, 0.4) is 0 Å². The number of halogens is 7. The predicted octanol–water partition coefficient (Wildman–Crippen LogP) is 2.80. The lowest BCUT2D eigenvalue weighted by Crippen LogP contribution is -2.26. The van der Waals surface area contributed by atoms with Crippen LogP contribution >= 0.6 is 0 Å². The average molecular weight is 470 g/mol. The van der Waals surface area contributed by atoms with Gasteiger partial charge in [-0.3, -0.25) is 0 Å². The lowest BCUT2D eigenvalue weighted by atomic mass is 9.92. The maximum absolute atomic E-state index is 14.5. The molecule has 0 aliphatic heterocycles. The highest BCUT2D eigenvalue weighted by Crippen LogP contribution is 2.38. The zero-order valence-electron chi connectivity index (χ0n) is 15.9. The van der Waals surface area contributed by atoms with Crippen molar-refractivity contribution in [3.05, 3.63) is 67.6 Å². The second-order valence-corrected chi connectivity index (χ2v) is 6.02. The third-order valence-electron chi connectivity index (χ3n) is 4.32. The molecule has 13 heteroatoms. The molecule has 0 aliphatic carbocycles. The zero-order valence-corrected chi connectivity index (χ0v) is 15.9. The normalized spacial score (nSPS) is 11.1. The van der Waals surface area contributed by atoms with Crippen LogP contribution in [0.4, 0.5) is 30.7 Å². The van der Waals surface area contributed by atoms with Crippen LogP contribution in [0.1, 0.15) is 27.8 Å². The van der Waals surface area contributed by atoms with Gasteiger partial charge in [0.25, 0.3) is 0 Å². The van der Waals surface area contributed by atoms with E-state index in [9.17, 15) is 51.8 Å². The van der Waals surface area contributed by atoms with E-state index in [0.29, 0.717) is 6.07 Å². The molecule has 0 spiro atoms. The summed E-state index contributed by atoms with van der Waals surface area (Å²) in [4.78, 5) is 0. The minimum atomic E-state index is -5.86. The fraction of sp³-hybridized carbons (Fsp3) is 0.0476. The summed E-state index contributed by atoms with van der Waals surface area (Å²) in [6.07, 6.45) is -5.86. The Kier molecular flexibility index (Phi) is 6.60. The molecular weight excluding hydrogens is 469 g/mol. The molecule has 0 amide bonds. The fourth-order valence-electron chi connectivity index (χ4n) is 2.94. The largest absolute Gasteiger partial charge is 0.422 e. The quantitative estimate of drug-likeness (QED) is 0.463. The van der Waals surface area contributed by atoms with E-state index in [2.05, 4.69) is 0 Å². The van der Waals surface area contributed by atoms with Gasteiger partial charge in [-0.1, -0.05) is 0 Å². The lowest BCUT2D eigenvalue weighted by molar-refractivity contribution is -0.143. The maximum Gasteiger partial charge on any atom is 0.422 e. The van der Waals surface area contributed by atoms with Gasteiger partial charge >= 0.3 is 6.18 Å². The molecule has 0 aromatic heterocycles. The lowest BCUT2D eigenvalue weighted by Gasteiger charge is -2.14. The first kappa shape index (κ1) is 24.9. The number of rotatable bonds is 1. The average Bonchev–Trinajstić information content (AvgIpc) is 2.79. The van der Waals surface area contributed by atoms with Crippen molar-refractivity contribution in [2.75, 3.05) is 0 Å². The molecule has 0 fully saturated rings. The van der Waals surface area contributed by atoms with Crippen molar-refractivity contribution in [3.63, 3.8) is 0 Å². The van der Waals surface area contributed by atoms with Crippen LogP contribution in [0, 0.1) is 91.3 Å². The molecule has 34 heavy (non-hydrogen) atoms. The summed E-state index contributed by atoms with van der Waals surface area (Å²) in [7, 11) is 0. The highest BCUT2D eigenvalue weighted by Gasteiger charge is 2.43. The SMILES string of the molecule is N#CC(C#N)=c1c(C#N)c/c(=C(/C#N)c2c(F)c(F)c(C(F)(F)F)c(F)c2F)c(C#N)c1C#N. The minimum absolute atomic E-state index is 0.522. The number of hydrogen-bond acceptors (Lipinski definition) is 6. The van der Waals surface area contributed by atoms with E-state index >= 15 is 0 Å². The summed E-state index contributed by atoms with van der Waals surface area (Å²) < 4.78 is 95.8. The first-order valence-electron chi connectivity index (χ1n) is 8.24. The predicted molar refractivity (Wildman–Crippen MR) is 93.9 cm³/mol. The summed E-state index contributed by atoms with van der Waals surface area (Å²) in [5.74, 6) is -11.0. The molecule has 6 nitrogen and oxygen atoms in total. The van der Waals surface area contributed by atoms with Gasteiger partial charge in [0.2, 0.25) is 0 Å². The highest BCUT2D eigenvalue weighted by atomic mass is 19.4. The van der Waals surface area contributed by atoms with Crippen molar-refractivity contribution in [2.24, 2.45) is 0 Å². The Morgan fingerprint density at radius 1 is 0.676 bits per heavy atom. The molecule has 0 unspecified atom stereocenters. The monoisotopic (exact) mass is 470 g/mol. The van der Waals surface area contributed by atoms with Crippen molar-refractivity contribution < 1.29 is 30.7 Å². The van der Waals surface area contributed by atoms with E-state index in [-0.39, 0.29) is 0 Å². The Morgan fingerprint density at radius 3 is 1.53 bits per heavy atom. The molecule has 0 saturated carbocycles. The van der Waals surface area contributed by atoms with Crippen LogP contribution in [0.5, 0.6) is 0 Å². The van der Waals surface area contributed by atoms with Crippen molar-refractivity contribution in [1.29, 1.82) is 31.6 Å². The van der Waals surface area contributed by atoms with E-state index < -0.39 is 78.8 Å². The van der Waals surface area contributed by atoms with Gasteiger partial charge in [-0.15, -0.1) is 0 Å². The van der Waals surface area contributed by atoms with Crippen molar-refractivity contribution in [1.82, 2.24) is 0 Å². The van der Waals surface area contributed by atoms with E-state index in [1.807, 2.05) is 0 Å². The third-order valence-corrected chi connectivity index (χ3v) is 4.32. The molecule has 2 rings (SSSR count). The summed E-state index contributed by atoms with van der Waals surface area (Å²) in [6, 6.07) is 8.52. The van der Waals surface area contributed by atoms with Crippen LogP contribution in [-0.4, -0.2) is 0 Å². The molecule has 0 atom stereocenters. The Hall–Kier alpha value is -5.37. The second-order valence-electron chi connectivity index (χ2n) is 6.02. The van der Waals surface area contributed by atoms with Crippen LogP contribution in [0.15, 0.2) is 6.07 Å². The van der Waals surface area contributed by atoms with Crippen LogP contribution in [0.25, 0.3) is 11.1 Å². The molecule has 0 radical (unpaired) electrons. The molecule has 0 heterocycles. The van der Waals surface area contributed by atoms with Crippen LogP contribution < -0.4 is 10.4 Å². The van der Waals surface area contributed by atoms with Gasteiger partial charge in [0.15, 0.2) is 23.3 Å². The molecule has 164 valence electrons. The maximum atomic E-state index is 14.5. The summed E-state index contributed by atoms with van der Waals surface area (Å²) in [5, 5.41) is 54.2. The molecule has 0 aliphatic rings. The van der Waals surface area contributed by atoms with E-state index in [1.54, 1.807) is 0 Å². The number of hydrogen-bond donors (Lipinski definition) is 0. The molecule has 0 saturated heterocycles. The minimum Gasteiger partial charge on any atom is -0.203 e. The molecule has 0 N–H and O–H groups in total. The Labute approximate surface area is 184 Å². The first-order chi connectivity index (χ1) is 15.9. The van der Waals surface area contributed by atoms with E-state index in [1.165, 1.54) is 30.3 Å². The van der Waals surface area contributed by atoms with Gasteiger partial charge in [0.1, 0.15) is 41.5 Å². The van der Waals surface area contributed by atoms with Crippen LogP contribution in [-0.2, 0) is 6.18 Å². The Morgan fingerprint density at radius 2 is 1.18 bits per heavy atom.